The third-order valence-corrected chi connectivity index (χ3v) is 2.85. The minimum Gasteiger partial charge on any atom is -0.444 e. The van der Waals surface area contributed by atoms with Gasteiger partial charge in [-0.3, -0.25) is 0 Å². The van der Waals surface area contributed by atoms with Crippen molar-refractivity contribution in [3.8, 4) is 0 Å². The second-order valence-electron chi connectivity index (χ2n) is 5.75. The molecule has 1 rings (SSSR count). The first kappa shape index (κ1) is 15.5. The molecular weight excluding hydrogens is 240 g/mol. The zero-order valence-electron chi connectivity index (χ0n) is 12.1. The molecule has 4 nitrogen and oxygen atoms in total. The number of amides is 1. The third-order valence-electron chi connectivity index (χ3n) is 2.85. The standard InChI is InChI=1S/C15H24N2O2/c1-11(12-8-6-5-7-9-12)13(16)10-17-14(18)19-15(2,3)4/h5-9,11,13H,10,16H2,1-4H3,(H,17,18). The lowest BCUT2D eigenvalue weighted by Gasteiger charge is -2.23. The van der Waals surface area contributed by atoms with Crippen molar-refractivity contribution in [3.05, 3.63) is 35.9 Å². The largest absolute Gasteiger partial charge is 0.444 e. The van der Waals surface area contributed by atoms with Crippen LogP contribution in [0.15, 0.2) is 30.3 Å². The number of ether oxygens (including phenoxy) is 1. The van der Waals surface area contributed by atoms with E-state index < -0.39 is 11.7 Å². The summed E-state index contributed by atoms with van der Waals surface area (Å²) in [4.78, 5) is 11.5. The molecule has 0 aliphatic carbocycles. The van der Waals surface area contributed by atoms with Crippen LogP contribution in [0.4, 0.5) is 4.79 Å². The smallest absolute Gasteiger partial charge is 0.407 e. The van der Waals surface area contributed by atoms with Gasteiger partial charge in [0.2, 0.25) is 0 Å². The van der Waals surface area contributed by atoms with Gasteiger partial charge in [-0.1, -0.05) is 37.3 Å². The number of alkyl carbamates (subject to hydrolysis) is 1. The van der Waals surface area contributed by atoms with Crippen LogP contribution in [0.5, 0.6) is 0 Å². The number of nitrogens with one attached hydrogen (secondary N) is 1. The molecule has 0 saturated carbocycles. The van der Waals surface area contributed by atoms with Gasteiger partial charge >= 0.3 is 6.09 Å². The van der Waals surface area contributed by atoms with Crippen LogP contribution in [0.25, 0.3) is 0 Å². The van der Waals surface area contributed by atoms with Gasteiger partial charge in [-0.2, -0.15) is 0 Å². The number of hydrogen-bond acceptors (Lipinski definition) is 3. The zero-order valence-corrected chi connectivity index (χ0v) is 12.1. The van der Waals surface area contributed by atoms with Gasteiger partial charge in [0.05, 0.1) is 0 Å². The van der Waals surface area contributed by atoms with Crippen LogP contribution in [0.3, 0.4) is 0 Å². The van der Waals surface area contributed by atoms with Crippen molar-refractivity contribution in [3.63, 3.8) is 0 Å². The lowest BCUT2D eigenvalue weighted by atomic mass is 9.94. The Morgan fingerprint density at radius 3 is 2.42 bits per heavy atom. The Hall–Kier alpha value is -1.55. The summed E-state index contributed by atoms with van der Waals surface area (Å²) in [6, 6.07) is 9.88. The molecule has 0 radical (unpaired) electrons. The molecule has 106 valence electrons. The molecule has 0 bridgehead atoms. The maximum Gasteiger partial charge on any atom is 0.407 e. The third kappa shape index (κ3) is 5.75. The van der Waals surface area contributed by atoms with Gasteiger partial charge in [0.1, 0.15) is 5.60 Å². The average molecular weight is 264 g/mol. The van der Waals surface area contributed by atoms with E-state index in [9.17, 15) is 4.79 Å². The maximum atomic E-state index is 11.5. The highest BCUT2D eigenvalue weighted by Crippen LogP contribution is 2.17. The molecule has 0 aliphatic heterocycles. The first-order valence-electron chi connectivity index (χ1n) is 6.57. The summed E-state index contributed by atoms with van der Waals surface area (Å²) in [6.45, 7) is 7.94. The Morgan fingerprint density at radius 2 is 1.89 bits per heavy atom. The van der Waals surface area contributed by atoms with E-state index in [1.54, 1.807) is 0 Å². The maximum absolute atomic E-state index is 11.5. The Balaban J connectivity index is 2.43. The summed E-state index contributed by atoms with van der Waals surface area (Å²) >= 11 is 0. The van der Waals surface area contributed by atoms with Crippen LogP contribution in [0.2, 0.25) is 0 Å². The fourth-order valence-corrected chi connectivity index (χ4v) is 1.70. The highest BCUT2D eigenvalue weighted by Gasteiger charge is 2.19. The summed E-state index contributed by atoms with van der Waals surface area (Å²) in [6.07, 6.45) is -0.428. The van der Waals surface area contributed by atoms with Gasteiger partial charge in [0.15, 0.2) is 0 Å². The molecule has 0 aliphatic rings. The molecule has 0 fully saturated rings. The number of carbonyl (C=O) groups is 1. The van der Waals surface area contributed by atoms with Crippen LogP contribution in [-0.4, -0.2) is 24.3 Å². The van der Waals surface area contributed by atoms with Crippen molar-refractivity contribution < 1.29 is 9.53 Å². The predicted octanol–water partition coefficient (Wildman–Crippen LogP) is 2.64. The van der Waals surface area contributed by atoms with E-state index in [4.69, 9.17) is 10.5 Å². The Morgan fingerprint density at radius 1 is 1.32 bits per heavy atom. The molecule has 0 heterocycles. The van der Waals surface area contributed by atoms with Crippen LogP contribution in [0.1, 0.15) is 39.2 Å². The molecule has 0 saturated heterocycles. The first-order chi connectivity index (χ1) is 8.79. The van der Waals surface area contributed by atoms with E-state index in [-0.39, 0.29) is 12.0 Å². The predicted molar refractivity (Wildman–Crippen MR) is 77.1 cm³/mol. The molecular formula is C15H24N2O2. The lowest BCUT2D eigenvalue weighted by Crippen LogP contribution is -2.42. The van der Waals surface area contributed by atoms with Gasteiger partial charge < -0.3 is 15.8 Å². The molecule has 2 unspecified atom stereocenters. The van der Waals surface area contributed by atoms with Gasteiger partial charge in [-0.15, -0.1) is 0 Å². The van der Waals surface area contributed by atoms with E-state index in [2.05, 4.69) is 12.2 Å². The second-order valence-corrected chi connectivity index (χ2v) is 5.75. The van der Waals surface area contributed by atoms with Crippen molar-refractivity contribution in [1.29, 1.82) is 0 Å². The van der Waals surface area contributed by atoms with Crippen molar-refractivity contribution in [2.75, 3.05) is 6.54 Å². The topological polar surface area (TPSA) is 64.3 Å². The van der Waals surface area contributed by atoms with E-state index in [1.807, 2.05) is 51.1 Å². The minimum absolute atomic E-state index is 0.144. The van der Waals surface area contributed by atoms with Crippen molar-refractivity contribution >= 4 is 6.09 Å². The molecule has 1 amide bonds. The molecule has 4 heteroatoms. The highest BCUT2D eigenvalue weighted by atomic mass is 16.6. The summed E-state index contributed by atoms with van der Waals surface area (Å²) in [7, 11) is 0. The summed E-state index contributed by atoms with van der Waals surface area (Å²) in [5.41, 5.74) is 6.77. The van der Waals surface area contributed by atoms with E-state index in [1.165, 1.54) is 5.56 Å². The molecule has 19 heavy (non-hydrogen) atoms. The van der Waals surface area contributed by atoms with E-state index >= 15 is 0 Å². The number of benzene rings is 1. The number of rotatable bonds is 4. The minimum atomic E-state index is -0.487. The molecule has 0 aromatic heterocycles. The summed E-state index contributed by atoms with van der Waals surface area (Å²) < 4.78 is 5.17. The van der Waals surface area contributed by atoms with Gasteiger partial charge in [0.25, 0.3) is 0 Å². The Bertz CT molecular complexity index is 398. The molecule has 1 aromatic rings. The summed E-state index contributed by atoms with van der Waals surface area (Å²) in [5.74, 6) is 0.177. The lowest BCUT2D eigenvalue weighted by molar-refractivity contribution is 0.0523. The SMILES string of the molecule is CC(c1ccccc1)C(N)CNC(=O)OC(C)(C)C. The average Bonchev–Trinajstić information content (AvgIpc) is 2.34. The van der Waals surface area contributed by atoms with Gasteiger partial charge in [-0.05, 0) is 32.3 Å². The molecule has 1 aromatic carbocycles. The number of carbonyl (C=O) groups excluding carboxylic acids is 1. The van der Waals surface area contributed by atoms with E-state index in [0.29, 0.717) is 6.54 Å². The Labute approximate surface area is 115 Å². The van der Waals surface area contributed by atoms with Gasteiger partial charge in [0, 0.05) is 12.6 Å². The van der Waals surface area contributed by atoms with Crippen molar-refractivity contribution in [2.24, 2.45) is 5.73 Å². The normalized spacial score (nSPS) is 14.6. The second kappa shape index (κ2) is 6.57. The molecule has 2 atom stereocenters. The fraction of sp³-hybridized carbons (Fsp3) is 0.533. The molecule has 3 N–H and O–H groups in total. The monoisotopic (exact) mass is 264 g/mol. The van der Waals surface area contributed by atoms with Crippen LogP contribution in [0, 0.1) is 0 Å². The first-order valence-corrected chi connectivity index (χ1v) is 6.57. The number of hydrogen-bond donors (Lipinski definition) is 2. The van der Waals surface area contributed by atoms with E-state index in [0.717, 1.165) is 0 Å². The molecule has 0 spiro atoms. The van der Waals surface area contributed by atoms with Crippen LogP contribution in [-0.2, 0) is 4.74 Å². The van der Waals surface area contributed by atoms with Crippen LogP contribution >= 0.6 is 0 Å². The van der Waals surface area contributed by atoms with Gasteiger partial charge in [-0.25, -0.2) is 4.79 Å². The zero-order chi connectivity index (χ0) is 14.5. The van der Waals surface area contributed by atoms with Crippen LogP contribution < -0.4 is 11.1 Å². The quantitative estimate of drug-likeness (QED) is 0.878. The summed E-state index contributed by atoms with van der Waals surface area (Å²) in [5, 5.41) is 2.70. The van der Waals surface area contributed by atoms with Crippen molar-refractivity contribution in [1.82, 2.24) is 5.32 Å². The fourth-order valence-electron chi connectivity index (χ4n) is 1.70. The Kier molecular flexibility index (Phi) is 5.36. The number of nitrogens with two attached hydrogens (primary N) is 1. The highest BCUT2D eigenvalue weighted by molar-refractivity contribution is 5.67. The van der Waals surface area contributed by atoms with Crippen molar-refractivity contribution in [2.45, 2.75) is 45.3 Å².